The predicted molar refractivity (Wildman–Crippen MR) is 81.9 cm³/mol. The van der Waals surface area contributed by atoms with Crippen LogP contribution in [0.5, 0.6) is 0 Å². The van der Waals surface area contributed by atoms with Crippen molar-refractivity contribution in [2.45, 2.75) is 44.9 Å². The van der Waals surface area contributed by atoms with Gasteiger partial charge in [0.15, 0.2) is 0 Å². The van der Waals surface area contributed by atoms with Crippen molar-refractivity contribution in [2.24, 2.45) is 11.3 Å². The van der Waals surface area contributed by atoms with Crippen LogP contribution < -0.4 is 10.6 Å². The number of nitriles is 2. The highest BCUT2D eigenvalue weighted by molar-refractivity contribution is 8.04. The summed E-state index contributed by atoms with van der Waals surface area (Å²) < 4.78 is 0. The second kappa shape index (κ2) is 6.02. The van der Waals surface area contributed by atoms with Gasteiger partial charge >= 0.3 is 0 Å². The van der Waals surface area contributed by atoms with E-state index >= 15 is 0 Å². The third kappa shape index (κ3) is 3.10. The van der Waals surface area contributed by atoms with E-state index in [1.54, 1.807) is 20.8 Å². The molecule has 1 aliphatic heterocycles. The van der Waals surface area contributed by atoms with E-state index in [1.807, 2.05) is 6.07 Å². The molecule has 2 amide bonds. The largest absolute Gasteiger partial charge is 0.352 e. The van der Waals surface area contributed by atoms with E-state index < -0.39 is 22.5 Å². The fourth-order valence-electron chi connectivity index (χ4n) is 2.29. The Morgan fingerprint density at radius 1 is 1.45 bits per heavy atom. The monoisotopic (exact) mass is 318 g/mol. The molecule has 1 heterocycles. The lowest BCUT2D eigenvalue weighted by atomic mass is 9.72. The van der Waals surface area contributed by atoms with Crippen molar-refractivity contribution < 1.29 is 9.59 Å². The average Bonchev–Trinajstić information content (AvgIpc) is 3.22. The normalized spacial score (nSPS) is 24.8. The summed E-state index contributed by atoms with van der Waals surface area (Å²) in [5.41, 5.74) is -0.532. The molecule has 0 radical (unpaired) electrons. The molecule has 0 spiro atoms. The molecule has 0 aromatic carbocycles. The van der Waals surface area contributed by atoms with E-state index in [-0.39, 0.29) is 11.9 Å². The van der Waals surface area contributed by atoms with Crippen LogP contribution in [0.25, 0.3) is 0 Å². The lowest BCUT2D eigenvalue weighted by Gasteiger charge is -2.35. The Balaban J connectivity index is 2.22. The fourth-order valence-corrected chi connectivity index (χ4v) is 3.41. The summed E-state index contributed by atoms with van der Waals surface area (Å²) in [5.74, 6) is -1.45. The number of amides is 2. The van der Waals surface area contributed by atoms with Crippen LogP contribution in [-0.2, 0) is 9.59 Å². The molecule has 1 saturated carbocycles. The molecule has 0 bridgehead atoms. The first-order chi connectivity index (χ1) is 10.3. The van der Waals surface area contributed by atoms with Crippen molar-refractivity contribution in [3.05, 3.63) is 10.6 Å². The van der Waals surface area contributed by atoms with Crippen LogP contribution in [0.15, 0.2) is 10.6 Å². The molecule has 116 valence electrons. The van der Waals surface area contributed by atoms with E-state index in [9.17, 15) is 14.9 Å². The summed E-state index contributed by atoms with van der Waals surface area (Å²) in [5, 5.41) is 24.0. The summed E-state index contributed by atoms with van der Waals surface area (Å²) in [6.45, 7) is 5.14. The zero-order valence-corrected chi connectivity index (χ0v) is 13.6. The summed E-state index contributed by atoms with van der Waals surface area (Å²) in [6, 6.07) is 4.31. The smallest absolute Gasteiger partial charge is 0.243 e. The second-order valence-electron chi connectivity index (χ2n) is 6.13. The summed E-state index contributed by atoms with van der Waals surface area (Å²) in [6.07, 6.45) is 2.01. The van der Waals surface area contributed by atoms with Gasteiger partial charge in [-0.3, -0.25) is 9.59 Å². The Morgan fingerprint density at radius 3 is 2.59 bits per heavy atom. The molecule has 2 N–H and O–H groups in total. The molecule has 2 aliphatic rings. The molecule has 1 aliphatic carbocycles. The number of rotatable bonds is 4. The quantitative estimate of drug-likeness (QED) is 0.815. The van der Waals surface area contributed by atoms with E-state index in [1.165, 1.54) is 0 Å². The Kier molecular flexibility index (Phi) is 4.48. The topological polar surface area (TPSA) is 106 Å². The van der Waals surface area contributed by atoms with Gasteiger partial charge in [0.2, 0.25) is 11.8 Å². The molecule has 7 heteroatoms. The van der Waals surface area contributed by atoms with E-state index in [4.69, 9.17) is 5.26 Å². The van der Waals surface area contributed by atoms with Gasteiger partial charge in [-0.05, 0) is 19.8 Å². The molecular formula is C15H18N4O2S. The summed E-state index contributed by atoms with van der Waals surface area (Å²) >= 11 is 1.15. The first-order valence-corrected chi connectivity index (χ1v) is 8.01. The fraction of sp³-hybridized carbons (Fsp3) is 0.600. The van der Waals surface area contributed by atoms with Crippen molar-refractivity contribution in [3.63, 3.8) is 0 Å². The highest BCUT2D eigenvalue weighted by Crippen LogP contribution is 2.42. The Morgan fingerprint density at radius 2 is 2.09 bits per heavy atom. The molecule has 1 fully saturated rings. The van der Waals surface area contributed by atoms with Crippen LogP contribution in [0.1, 0.15) is 33.6 Å². The van der Waals surface area contributed by atoms with Gasteiger partial charge in [0.25, 0.3) is 0 Å². The number of hydrogen-bond donors (Lipinski definition) is 2. The van der Waals surface area contributed by atoms with Gasteiger partial charge in [0, 0.05) is 11.5 Å². The van der Waals surface area contributed by atoms with Crippen LogP contribution >= 0.6 is 11.8 Å². The minimum Gasteiger partial charge on any atom is -0.352 e. The first kappa shape index (κ1) is 16.4. The molecule has 0 unspecified atom stereocenters. The van der Waals surface area contributed by atoms with Crippen LogP contribution in [0.4, 0.5) is 0 Å². The molecule has 0 saturated heterocycles. The maximum absolute atomic E-state index is 12.1. The standard InChI is InChI=1S/C15H18N4O2S/c1-8(12(20)18-9-4-5-9)22-14-11(7-17)15(2,3)10(6-16)13(21)19-14/h8-10H,4-5H2,1-3H3,(H,18,20)(H,19,21)/t8-,10-/m1/s1. The van der Waals surface area contributed by atoms with Crippen LogP contribution in [-0.4, -0.2) is 23.1 Å². The molecule has 0 aromatic rings. The highest BCUT2D eigenvalue weighted by Gasteiger charge is 2.45. The van der Waals surface area contributed by atoms with Gasteiger partial charge < -0.3 is 10.6 Å². The Bertz CT molecular complexity index is 622. The van der Waals surface area contributed by atoms with Gasteiger partial charge in [-0.2, -0.15) is 10.5 Å². The molecule has 2 rings (SSSR count). The Hall–Kier alpha value is -1.99. The highest BCUT2D eigenvalue weighted by atomic mass is 32.2. The van der Waals surface area contributed by atoms with Crippen molar-refractivity contribution in [3.8, 4) is 12.1 Å². The number of carbonyl (C=O) groups is 2. The first-order valence-electron chi connectivity index (χ1n) is 7.13. The zero-order chi connectivity index (χ0) is 16.5. The molecule has 6 nitrogen and oxygen atoms in total. The molecule has 0 aromatic heterocycles. The van der Waals surface area contributed by atoms with E-state index in [2.05, 4.69) is 16.7 Å². The van der Waals surface area contributed by atoms with Gasteiger partial charge in [-0.25, -0.2) is 0 Å². The van der Waals surface area contributed by atoms with Crippen LogP contribution in [0, 0.1) is 34.0 Å². The number of nitrogens with zero attached hydrogens (tertiary/aromatic N) is 2. The third-order valence-corrected chi connectivity index (χ3v) is 5.03. The maximum atomic E-state index is 12.1. The average molecular weight is 318 g/mol. The lowest BCUT2D eigenvalue weighted by Crippen LogP contribution is -2.45. The molecule has 22 heavy (non-hydrogen) atoms. The van der Waals surface area contributed by atoms with E-state index in [0.29, 0.717) is 10.6 Å². The Labute approximate surface area is 133 Å². The van der Waals surface area contributed by atoms with Gasteiger partial charge in [-0.1, -0.05) is 25.6 Å². The van der Waals surface area contributed by atoms with E-state index in [0.717, 1.165) is 24.6 Å². The van der Waals surface area contributed by atoms with Crippen LogP contribution in [0.3, 0.4) is 0 Å². The second-order valence-corrected chi connectivity index (χ2v) is 7.48. The number of carbonyl (C=O) groups excluding carboxylic acids is 2. The van der Waals surface area contributed by atoms with Crippen LogP contribution in [0.2, 0.25) is 0 Å². The minimum atomic E-state index is -0.915. The van der Waals surface area contributed by atoms with Crippen molar-refractivity contribution in [1.29, 1.82) is 10.5 Å². The number of hydrogen-bond acceptors (Lipinski definition) is 5. The van der Waals surface area contributed by atoms with Crippen molar-refractivity contribution in [1.82, 2.24) is 10.6 Å². The van der Waals surface area contributed by atoms with Gasteiger partial charge in [0.1, 0.15) is 5.92 Å². The SMILES string of the molecule is C[C@@H](SC1=C(C#N)C(C)(C)[C@H](C#N)C(=O)N1)C(=O)NC1CC1. The zero-order valence-electron chi connectivity index (χ0n) is 12.8. The maximum Gasteiger partial charge on any atom is 0.243 e. The molecule has 2 atom stereocenters. The van der Waals surface area contributed by atoms with Crippen molar-refractivity contribution >= 4 is 23.6 Å². The number of allylic oxidation sites excluding steroid dienone is 1. The number of nitrogens with one attached hydrogen (secondary N) is 2. The summed E-state index contributed by atoms with van der Waals surface area (Å²) in [7, 11) is 0. The minimum absolute atomic E-state index is 0.105. The summed E-state index contributed by atoms with van der Waals surface area (Å²) in [4.78, 5) is 24.1. The number of thioether (sulfide) groups is 1. The lowest BCUT2D eigenvalue weighted by molar-refractivity contribution is -0.125. The van der Waals surface area contributed by atoms with Gasteiger partial charge in [0.05, 0.1) is 28.0 Å². The predicted octanol–water partition coefficient (Wildman–Crippen LogP) is 1.42. The molecular weight excluding hydrogens is 300 g/mol. The van der Waals surface area contributed by atoms with Gasteiger partial charge in [-0.15, -0.1) is 0 Å². The van der Waals surface area contributed by atoms with Crippen molar-refractivity contribution in [2.75, 3.05) is 0 Å². The third-order valence-electron chi connectivity index (χ3n) is 3.92.